The van der Waals surface area contributed by atoms with E-state index in [1.165, 1.54) is 19.3 Å². The van der Waals surface area contributed by atoms with Gasteiger partial charge in [0.25, 0.3) is 0 Å². The van der Waals surface area contributed by atoms with Gasteiger partial charge in [0.05, 0.1) is 6.54 Å². The van der Waals surface area contributed by atoms with Crippen LogP contribution in [-0.2, 0) is 4.79 Å². The van der Waals surface area contributed by atoms with E-state index in [1.807, 2.05) is 0 Å². The maximum Gasteiger partial charge on any atom is 0.235 e. The number of nitrogens with one attached hydrogen (secondary N) is 2. The molecule has 15 heavy (non-hydrogen) atoms. The van der Waals surface area contributed by atoms with Crippen LogP contribution in [0.4, 0.5) is 0 Å². The van der Waals surface area contributed by atoms with Crippen LogP contribution in [0.2, 0.25) is 0 Å². The molecule has 2 N–H and O–H groups in total. The van der Waals surface area contributed by atoms with Gasteiger partial charge in [0.1, 0.15) is 0 Å². The Kier molecular flexibility index (Phi) is 5.65. The number of hydrazine groups is 1. The molecule has 0 atom stereocenters. The summed E-state index contributed by atoms with van der Waals surface area (Å²) in [6.07, 6.45) is 3.79. The molecule has 1 aliphatic rings. The third-order valence-electron chi connectivity index (χ3n) is 2.53. The van der Waals surface area contributed by atoms with Gasteiger partial charge in [0, 0.05) is 19.6 Å². The summed E-state index contributed by atoms with van der Waals surface area (Å²) in [6.45, 7) is 7.50. The molecule has 0 aromatic heterocycles. The second-order valence-corrected chi connectivity index (χ2v) is 4.58. The smallest absolute Gasteiger partial charge is 0.235 e. The van der Waals surface area contributed by atoms with Crippen molar-refractivity contribution in [1.29, 1.82) is 0 Å². The number of amides is 1. The van der Waals surface area contributed by atoms with E-state index in [0.29, 0.717) is 12.5 Å². The van der Waals surface area contributed by atoms with E-state index >= 15 is 0 Å². The average Bonchev–Trinajstić information content (AvgIpc) is 2.25. The van der Waals surface area contributed by atoms with E-state index in [2.05, 4.69) is 29.6 Å². The van der Waals surface area contributed by atoms with Crippen LogP contribution >= 0.6 is 0 Å². The third-order valence-corrected chi connectivity index (χ3v) is 2.53. The molecular weight excluding hydrogens is 190 g/mol. The van der Waals surface area contributed by atoms with Gasteiger partial charge in [-0.25, -0.2) is 10.4 Å². The minimum atomic E-state index is 0.0919. The summed E-state index contributed by atoms with van der Waals surface area (Å²) >= 11 is 0. The molecule has 0 aliphatic carbocycles. The number of hydrogen-bond donors (Lipinski definition) is 2. The molecule has 1 rings (SSSR count). The molecule has 4 heteroatoms. The van der Waals surface area contributed by atoms with Crippen LogP contribution in [0.25, 0.3) is 0 Å². The lowest BCUT2D eigenvalue weighted by Crippen LogP contribution is -2.46. The SMILES string of the molecule is CC(C)CNC(=O)CNN1CCCCC1. The Balaban J connectivity index is 2.05. The normalized spacial score (nSPS) is 18.1. The predicted molar refractivity (Wildman–Crippen MR) is 61.3 cm³/mol. The van der Waals surface area contributed by atoms with Crippen molar-refractivity contribution in [2.24, 2.45) is 5.92 Å². The average molecular weight is 213 g/mol. The summed E-state index contributed by atoms with van der Waals surface area (Å²) in [4.78, 5) is 11.4. The number of piperidine rings is 1. The van der Waals surface area contributed by atoms with Gasteiger partial charge in [-0.3, -0.25) is 4.79 Å². The summed E-state index contributed by atoms with van der Waals surface area (Å²) in [5.74, 6) is 0.609. The number of carbonyl (C=O) groups is 1. The van der Waals surface area contributed by atoms with Crippen molar-refractivity contribution in [1.82, 2.24) is 15.8 Å². The van der Waals surface area contributed by atoms with Crippen molar-refractivity contribution >= 4 is 5.91 Å². The number of hydrogen-bond acceptors (Lipinski definition) is 3. The molecule has 1 fully saturated rings. The topological polar surface area (TPSA) is 44.4 Å². The zero-order chi connectivity index (χ0) is 11.1. The zero-order valence-electron chi connectivity index (χ0n) is 9.88. The van der Waals surface area contributed by atoms with Crippen LogP contribution in [0.5, 0.6) is 0 Å². The first-order valence-electron chi connectivity index (χ1n) is 5.93. The highest BCUT2D eigenvalue weighted by molar-refractivity contribution is 5.77. The van der Waals surface area contributed by atoms with Gasteiger partial charge in [0.15, 0.2) is 0 Å². The van der Waals surface area contributed by atoms with Crippen LogP contribution in [0.1, 0.15) is 33.1 Å². The molecule has 0 unspecified atom stereocenters. The van der Waals surface area contributed by atoms with Gasteiger partial charge in [-0.2, -0.15) is 0 Å². The fourth-order valence-electron chi connectivity index (χ4n) is 1.62. The van der Waals surface area contributed by atoms with Crippen LogP contribution in [0, 0.1) is 5.92 Å². The Morgan fingerprint density at radius 1 is 1.27 bits per heavy atom. The summed E-state index contributed by atoms with van der Waals surface area (Å²) in [7, 11) is 0. The van der Waals surface area contributed by atoms with E-state index < -0.39 is 0 Å². The number of carbonyl (C=O) groups excluding carboxylic acids is 1. The maximum atomic E-state index is 11.4. The quantitative estimate of drug-likeness (QED) is 0.708. The third kappa shape index (κ3) is 5.74. The molecule has 1 amide bonds. The van der Waals surface area contributed by atoms with E-state index in [4.69, 9.17) is 0 Å². The number of nitrogens with zero attached hydrogens (tertiary/aromatic N) is 1. The Labute approximate surface area is 92.4 Å². The second kappa shape index (κ2) is 6.80. The fourth-order valence-corrected chi connectivity index (χ4v) is 1.62. The maximum absolute atomic E-state index is 11.4. The molecule has 0 aromatic rings. The Hall–Kier alpha value is -0.610. The van der Waals surface area contributed by atoms with Crippen molar-refractivity contribution < 1.29 is 4.79 Å². The van der Waals surface area contributed by atoms with Crippen molar-refractivity contribution in [3.05, 3.63) is 0 Å². The minimum Gasteiger partial charge on any atom is -0.355 e. The summed E-state index contributed by atoms with van der Waals surface area (Å²) in [6, 6.07) is 0. The van der Waals surface area contributed by atoms with Crippen LogP contribution in [-0.4, -0.2) is 37.1 Å². The lowest BCUT2D eigenvalue weighted by molar-refractivity contribution is -0.121. The van der Waals surface area contributed by atoms with Gasteiger partial charge in [-0.15, -0.1) is 0 Å². The van der Waals surface area contributed by atoms with Crippen molar-refractivity contribution in [3.63, 3.8) is 0 Å². The minimum absolute atomic E-state index is 0.0919. The van der Waals surface area contributed by atoms with Gasteiger partial charge < -0.3 is 5.32 Å². The predicted octanol–water partition coefficient (Wildman–Crippen LogP) is 0.749. The highest BCUT2D eigenvalue weighted by Gasteiger charge is 2.10. The van der Waals surface area contributed by atoms with Gasteiger partial charge in [-0.1, -0.05) is 20.3 Å². The lowest BCUT2D eigenvalue weighted by Gasteiger charge is -2.26. The largest absolute Gasteiger partial charge is 0.355 e. The molecular formula is C11H23N3O. The molecule has 4 nitrogen and oxygen atoms in total. The lowest BCUT2D eigenvalue weighted by atomic mass is 10.2. The first-order chi connectivity index (χ1) is 7.18. The molecule has 1 aliphatic heterocycles. The molecule has 1 heterocycles. The molecule has 0 aromatic carbocycles. The zero-order valence-corrected chi connectivity index (χ0v) is 9.88. The van der Waals surface area contributed by atoms with Crippen molar-refractivity contribution in [2.75, 3.05) is 26.2 Å². The summed E-state index contributed by atoms with van der Waals surface area (Å²) in [5.41, 5.74) is 3.17. The summed E-state index contributed by atoms with van der Waals surface area (Å²) < 4.78 is 0. The van der Waals surface area contributed by atoms with Gasteiger partial charge in [0.2, 0.25) is 5.91 Å². The van der Waals surface area contributed by atoms with Crippen molar-refractivity contribution in [2.45, 2.75) is 33.1 Å². The summed E-state index contributed by atoms with van der Waals surface area (Å²) in [5, 5.41) is 5.04. The number of rotatable bonds is 5. The second-order valence-electron chi connectivity index (χ2n) is 4.58. The van der Waals surface area contributed by atoms with Crippen molar-refractivity contribution in [3.8, 4) is 0 Å². The van der Waals surface area contributed by atoms with E-state index in [-0.39, 0.29) is 5.91 Å². The Bertz CT molecular complexity index is 188. The van der Waals surface area contributed by atoms with Crippen LogP contribution < -0.4 is 10.7 Å². The standard InChI is InChI=1S/C11H23N3O/c1-10(2)8-12-11(15)9-13-14-6-4-3-5-7-14/h10,13H,3-9H2,1-2H3,(H,12,15). The van der Waals surface area contributed by atoms with Crippen LogP contribution in [0.3, 0.4) is 0 Å². The van der Waals surface area contributed by atoms with E-state index in [1.54, 1.807) is 0 Å². The molecule has 1 saturated heterocycles. The Morgan fingerprint density at radius 2 is 1.93 bits per heavy atom. The molecule has 0 spiro atoms. The molecule has 0 bridgehead atoms. The van der Waals surface area contributed by atoms with Gasteiger partial charge >= 0.3 is 0 Å². The molecule has 0 radical (unpaired) electrons. The first-order valence-corrected chi connectivity index (χ1v) is 5.93. The van der Waals surface area contributed by atoms with Crippen LogP contribution in [0.15, 0.2) is 0 Å². The highest BCUT2D eigenvalue weighted by atomic mass is 16.2. The first kappa shape index (κ1) is 12.5. The fraction of sp³-hybridized carbons (Fsp3) is 0.909. The molecule has 0 saturated carbocycles. The van der Waals surface area contributed by atoms with E-state index in [9.17, 15) is 4.79 Å². The molecule has 88 valence electrons. The monoisotopic (exact) mass is 213 g/mol. The van der Waals surface area contributed by atoms with Gasteiger partial charge in [-0.05, 0) is 18.8 Å². The van der Waals surface area contributed by atoms with E-state index in [0.717, 1.165) is 19.6 Å². The Morgan fingerprint density at radius 3 is 2.53 bits per heavy atom. The highest BCUT2D eigenvalue weighted by Crippen LogP contribution is 2.05.